The van der Waals surface area contributed by atoms with Crippen LogP contribution in [-0.2, 0) is 9.59 Å². The Morgan fingerprint density at radius 3 is 2.74 bits per heavy atom. The number of aliphatic hydroxyl groups is 3. The van der Waals surface area contributed by atoms with Crippen molar-refractivity contribution in [1.82, 2.24) is 14.8 Å². The maximum atomic E-state index is 13.5. The van der Waals surface area contributed by atoms with E-state index in [2.05, 4.69) is 4.98 Å². The van der Waals surface area contributed by atoms with E-state index in [0.29, 0.717) is 47.3 Å². The van der Waals surface area contributed by atoms with Gasteiger partial charge in [0, 0.05) is 41.2 Å². The van der Waals surface area contributed by atoms with Crippen LogP contribution in [0.1, 0.15) is 56.5 Å². The zero-order chi connectivity index (χ0) is 22.3. The van der Waals surface area contributed by atoms with Crippen LogP contribution in [0.5, 0.6) is 5.75 Å². The van der Waals surface area contributed by atoms with Crippen molar-refractivity contribution in [3.63, 3.8) is 0 Å². The fourth-order valence-corrected chi connectivity index (χ4v) is 5.45. The Labute approximate surface area is 179 Å². The topological polar surface area (TPSA) is 126 Å². The summed E-state index contributed by atoms with van der Waals surface area (Å²) in [5.74, 6) is -0.477. The molecule has 166 valence electrons. The van der Waals surface area contributed by atoms with E-state index < -0.39 is 41.3 Å². The third-order valence-corrected chi connectivity index (χ3v) is 6.79. The van der Waals surface area contributed by atoms with E-state index in [0.717, 1.165) is 4.90 Å². The van der Waals surface area contributed by atoms with E-state index in [9.17, 15) is 24.9 Å². The molecule has 4 N–H and O–H groups in total. The van der Waals surface area contributed by atoms with Crippen molar-refractivity contribution in [2.75, 3.05) is 13.7 Å². The largest absolute Gasteiger partial charge is 0.497 e. The molecule has 0 bridgehead atoms. The Morgan fingerprint density at radius 1 is 1.32 bits per heavy atom. The van der Waals surface area contributed by atoms with E-state index in [-0.39, 0.29) is 6.42 Å². The van der Waals surface area contributed by atoms with Crippen LogP contribution in [0.15, 0.2) is 18.2 Å². The first-order valence-corrected chi connectivity index (χ1v) is 10.5. The highest BCUT2D eigenvalue weighted by Crippen LogP contribution is 2.52. The molecule has 2 fully saturated rings. The van der Waals surface area contributed by atoms with Gasteiger partial charge in [0.25, 0.3) is 11.6 Å². The van der Waals surface area contributed by atoms with Gasteiger partial charge >= 0.3 is 0 Å². The first-order valence-electron chi connectivity index (χ1n) is 10.5. The highest BCUT2D eigenvalue weighted by atomic mass is 16.5. The quantitative estimate of drug-likeness (QED) is 0.576. The molecule has 9 nitrogen and oxygen atoms in total. The van der Waals surface area contributed by atoms with Crippen molar-refractivity contribution in [3.8, 4) is 5.75 Å². The van der Waals surface area contributed by atoms with Crippen LogP contribution in [0.2, 0.25) is 0 Å². The Kier molecular flexibility index (Phi) is 4.22. The first-order chi connectivity index (χ1) is 14.6. The molecular weight excluding hydrogens is 402 g/mol. The summed E-state index contributed by atoms with van der Waals surface area (Å²) in [4.78, 5) is 32.7. The molecular formula is C22H27N3O6. The molecule has 0 radical (unpaired) electrons. The van der Waals surface area contributed by atoms with E-state index in [1.54, 1.807) is 39.2 Å². The molecule has 3 aliphatic heterocycles. The zero-order valence-electron chi connectivity index (χ0n) is 17.8. The normalized spacial score (nSPS) is 30.5. The van der Waals surface area contributed by atoms with Gasteiger partial charge in [-0.15, -0.1) is 0 Å². The molecule has 0 unspecified atom stereocenters. The third-order valence-electron chi connectivity index (χ3n) is 6.79. The zero-order valence-corrected chi connectivity index (χ0v) is 17.8. The number of H-pyrrole nitrogens is 1. The lowest BCUT2D eigenvalue weighted by molar-refractivity contribution is -0.234. The summed E-state index contributed by atoms with van der Waals surface area (Å²) in [6.45, 7) is 3.59. The highest BCUT2D eigenvalue weighted by Gasteiger charge is 2.65. The summed E-state index contributed by atoms with van der Waals surface area (Å²) < 4.78 is 5.29. The van der Waals surface area contributed by atoms with E-state index in [1.165, 1.54) is 4.90 Å². The number of benzene rings is 1. The van der Waals surface area contributed by atoms with Crippen LogP contribution < -0.4 is 4.74 Å². The van der Waals surface area contributed by atoms with Crippen molar-refractivity contribution in [1.29, 1.82) is 0 Å². The predicted octanol–water partition coefficient (Wildman–Crippen LogP) is 0.947. The summed E-state index contributed by atoms with van der Waals surface area (Å²) >= 11 is 0. The fourth-order valence-electron chi connectivity index (χ4n) is 5.45. The Morgan fingerprint density at radius 2 is 2.06 bits per heavy atom. The number of rotatable bonds is 3. The summed E-state index contributed by atoms with van der Waals surface area (Å²) in [7, 11) is 1.55. The van der Waals surface area contributed by atoms with Crippen LogP contribution in [0.3, 0.4) is 0 Å². The van der Waals surface area contributed by atoms with Crippen LogP contribution in [0, 0.1) is 0 Å². The number of aliphatic hydroxyl groups excluding tert-OH is 1. The number of nitrogens with zero attached hydrogens (tertiary/aromatic N) is 2. The van der Waals surface area contributed by atoms with E-state index in [1.807, 2.05) is 0 Å². The average molecular weight is 429 g/mol. The van der Waals surface area contributed by atoms with Gasteiger partial charge in [0.05, 0.1) is 18.8 Å². The van der Waals surface area contributed by atoms with Crippen molar-refractivity contribution in [2.45, 2.75) is 62.6 Å². The summed E-state index contributed by atoms with van der Waals surface area (Å²) in [5, 5.41) is 34.3. The second-order valence-electron chi connectivity index (χ2n) is 9.39. The van der Waals surface area contributed by atoms with Crippen LogP contribution in [0.25, 0.3) is 10.9 Å². The maximum absolute atomic E-state index is 13.5. The standard InChI is InChI=1S/C22H27N3O6/c1-21(2,29)10-15-17-16(12-7-6-11(31-3)9-13(12)23-17)18(26)22(30)20(28)24-8-4-5-14(24)19(27)25(15)22/h6-7,9,14-15,18,23,26,29-30H,4-5,8,10H2,1-3H3/t14-,15-,18-,22+/m0/s1. The number of aromatic nitrogens is 1. The van der Waals surface area contributed by atoms with Crippen molar-refractivity contribution in [2.24, 2.45) is 0 Å². The molecule has 2 aromatic rings. The molecule has 0 aliphatic carbocycles. The van der Waals surface area contributed by atoms with Gasteiger partial charge in [-0.2, -0.15) is 0 Å². The lowest BCUT2D eigenvalue weighted by Crippen LogP contribution is -2.74. The highest BCUT2D eigenvalue weighted by molar-refractivity contribution is 6.01. The second-order valence-corrected chi connectivity index (χ2v) is 9.39. The summed E-state index contributed by atoms with van der Waals surface area (Å²) in [6, 6.07) is 3.76. The molecule has 0 saturated carbocycles. The van der Waals surface area contributed by atoms with Gasteiger partial charge in [0.1, 0.15) is 17.9 Å². The number of hydrogen-bond donors (Lipinski definition) is 4. The van der Waals surface area contributed by atoms with Gasteiger partial charge in [-0.05, 0) is 38.8 Å². The Hall–Kier alpha value is -2.62. The molecule has 4 atom stereocenters. The van der Waals surface area contributed by atoms with Gasteiger partial charge in [0.15, 0.2) is 0 Å². The number of aromatic amines is 1. The number of fused-ring (bicyclic) bond motifs is 5. The van der Waals surface area contributed by atoms with Gasteiger partial charge in [-0.25, -0.2) is 0 Å². The number of piperazine rings is 1. The minimum atomic E-state index is -2.43. The van der Waals surface area contributed by atoms with Gasteiger partial charge < -0.3 is 29.9 Å². The number of nitrogens with one attached hydrogen (secondary N) is 1. The maximum Gasteiger partial charge on any atom is 0.279 e. The van der Waals surface area contributed by atoms with E-state index in [4.69, 9.17) is 4.74 Å². The minimum absolute atomic E-state index is 0.0741. The summed E-state index contributed by atoms with van der Waals surface area (Å²) in [5.41, 5.74) is -2.11. The number of amides is 2. The monoisotopic (exact) mass is 429 g/mol. The van der Waals surface area contributed by atoms with E-state index >= 15 is 0 Å². The molecule has 3 aliphatic rings. The number of carbonyl (C=O) groups excluding carboxylic acids is 2. The molecule has 1 aromatic heterocycles. The lowest BCUT2D eigenvalue weighted by Gasteiger charge is -2.55. The summed E-state index contributed by atoms with van der Waals surface area (Å²) in [6.07, 6.45) is -0.392. The minimum Gasteiger partial charge on any atom is -0.497 e. The molecule has 1 aromatic carbocycles. The molecule has 2 amide bonds. The van der Waals surface area contributed by atoms with Gasteiger partial charge in [-0.1, -0.05) is 0 Å². The number of ether oxygens (including phenoxy) is 1. The molecule has 9 heteroatoms. The average Bonchev–Trinajstić information content (AvgIpc) is 3.34. The van der Waals surface area contributed by atoms with Gasteiger partial charge in [-0.3, -0.25) is 14.5 Å². The molecule has 5 rings (SSSR count). The number of carbonyl (C=O) groups is 2. The van der Waals surface area contributed by atoms with Gasteiger partial charge in [0.2, 0.25) is 5.91 Å². The number of methoxy groups -OCH3 is 1. The predicted molar refractivity (Wildman–Crippen MR) is 110 cm³/mol. The van der Waals surface area contributed by atoms with Crippen molar-refractivity contribution < 1.29 is 29.6 Å². The molecule has 4 heterocycles. The fraction of sp³-hybridized carbons (Fsp3) is 0.545. The smallest absolute Gasteiger partial charge is 0.279 e. The van der Waals surface area contributed by atoms with Crippen LogP contribution in [0.4, 0.5) is 0 Å². The Balaban J connectivity index is 1.77. The molecule has 31 heavy (non-hydrogen) atoms. The van der Waals surface area contributed by atoms with Crippen LogP contribution >= 0.6 is 0 Å². The molecule has 0 spiro atoms. The first kappa shape index (κ1) is 20.3. The second kappa shape index (κ2) is 6.44. The molecule has 2 saturated heterocycles. The third kappa shape index (κ3) is 2.66. The number of hydrogen-bond acceptors (Lipinski definition) is 6. The van der Waals surface area contributed by atoms with Crippen molar-refractivity contribution >= 4 is 22.7 Å². The SMILES string of the molecule is COc1ccc2c3c([nH]c2c1)[C@H](CC(C)(C)O)N1C(=O)[C@@H]2CCCN2C(=O)[C@]1(O)[C@H]3O. The van der Waals surface area contributed by atoms with Crippen LogP contribution in [-0.4, -0.2) is 72.9 Å². The van der Waals surface area contributed by atoms with Crippen molar-refractivity contribution in [3.05, 3.63) is 29.5 Å². The lowest BCUT2D eigenvalue weighted by atomic mass is 9.80. The Bertz CT molecular complexity index is 1090.